The molecule has 3 nitrogen and oxygen atoms in total. The SMILES string of the molecule is CCN(C)C=Nc1cc(C)c(Cc2ccccc2C#N)cc1C. The zero-order valence-corrected chi connectivity index (χ0v) is 14.3. The molecule has 2 rings (SSSR count). The summed E-state index contributed by atoms with van der Waals surface area (Å²) in [6.45, 7) is 7.22. The number of hydrogen-bond acceptors (Lipinski definition) is 2. The molecule has 0 radical (unpaired) electrons. The molecule has 118 valence electrons. The van der Waals surface area contributed by atoms with E-state index in [0.717, 1.165) is 35.3 Å². The van der Waals surface area contributed by atoms with Gasteiger partial charge in [-0.25, -0.2) is 4.99 Å². The maximum absolute atomic E-state index is 9.24. The molecule has 2 aromatic carbocycles. The van der Waals surface area contributed by atoms with E-state index in [9.17, 15) is 5.26 Å². The summed E-state index contributed by atoms with van der Waals surface area (Å²) in [7, 11) is 2.01. The van der Waals surface area contributed by atoms with E-state index in [-0.39, 0.29) is 0 Å². The van der Waals surface area contributed by atoms with Gasteiger partial charge in [0, 0.05) is 13.6 Å². The van der Waals surface area contributed by atoms with E-state index in [0.29, 0.717) is 0 Å². The Morgan fingerprint density at radius 1 is 1.13 bits per heavy atom. The van der Waals surface area contributed by atoms with Crippen molar-refractivity contribution in [2.45, 2.75) is 27.2 Å². The summed E-state index contributed by atoms with van der Waals surface area (Å²) < 4.78 is 0. The van der Waals surface area contributed by atoms with Gasteiger partial charge in [0.05, 0.1) is 23.7 Å². The number of nitriles is 1. The topological polar surface area (TPSA) is 39.4 Å². The van der Waals surface area contributed by atoms with Gasteiger partial charge in [0.25, 0.3) is 0 Å². The number of rotatable bonds is 5. The number of aryl methyl sites for hydroxylation is 2. The number of aliphatic imine (C=N–C) groups is 1. The first-order chi connectivity index (χ1) is 11.0. The fourth-order valence-corrected chi connectivity index (χ4v) is 2.42. The molecule has 23 heavy (non-hydrogen) atoms. The summed E-state index contributed by atoms with van der Waals surface area (Å²) in [6.07, 6.45) is 2.64. The Balaban J connectivity index is 2.30. The fourth-order valence-electron chi connectivity index (χ4n) is 2.42. The van der Waals surface area contributed by atoms with Crippen LogP contribution in [-0.4, -0.2) is 24.8 Å². The monoisotopic (exact) mass is 305 g/mol. The van der Waals surface area contributed by atoms with Gasteiger partial charge in [-0.3, -0.25) is 0 Å². The quantitative estimate of drug-likeness (QED) is 0.607. The van der Waals surface area contributed by atoms with Gasteiger partial charge in [-0.2, -0.15) is 5.26 Å². The highest BCUT2D eigenvalue weighted by atomic mass is 15.1. The van der Waals surface area contributed by atoms with E-state index in [4.69, 9.17) is 0 Å². The van der Waals surface area contributed by atoms with Crippen molar-refractivity contribution in [1.82, 2.24) is 4.90 Å². The number of hydrogen-bond donors (Lipinski definition) is 0. The van der Waals surface area contributed by atoms with Gasteiger partial charge in [0.2, 0.25) is 0 Å². The van der Waals surface area contributed by atoms with Crippen molar-refractivity contribution in [2.24, 2.45) is 4.99 Å². The van der Waals surface area contributed by atoms with Gasteiger partial charge in [-0.15, -0.1) is 0 Å². The van der Waals surface area contributed by atoms with Crippen LogP contribution in [0.2, 0.25) is 0 Å². The molecule has 0 atom stereocenters. The Kier molecular flexibility index (Phi) is 5.54. The van der Waals surface area contributed by atoms with Crippen LogP contribution in [0.1, 0.15) is 34.7 Å². The van der Waals surface area contributed by atoms with Gasteiger partial charge in [-0.05, 0) is 61.6 Å². The lowest BCUT2D eigenvalue weighted by molar-refractivity contribution is 0.552. The van der Waals surface area contributed by atoms with Gasteiger partial charge in [-0.1, -0.05) is 24.3 Å². The molecule has 0 fully saturated rings. The van der Waals surface area contributed by atoms with Crippen LogP contribution in [0, 0.1) is 25.2 Å². The van der Waals surface area contributed by atoms with Crippen LogP contribution in [0.3, 0.4) is 0 Å². The molecule has 0 heterocycles. The van der Waals surface area contributed by atoms with Gasteiger partial charge < -0.3 is 4.90 Å². The van der Waals surface area contributed by atoms with Gasteiger partial charge >= 0.3 is 0 Å². The Bertz CT molecular complexity index is 754. The second kappa shape index (κ2) is 7.60. The van der Waals surface area contributed by atoms with E-state index >= 15 is 0 Å². The molecule has 0 aliphatic carbocycles. The van der Waals surface area contributed by atoms with Crippen molar-refractivity contribution in [3.63, 3.8) is 0 Å². The highest BCUT2D eigenvalue weighted by Crippen LogP contribution is 2.25. The molecule has 0 spiro atoms. The van der Waals surface area contributed by atoms with Gasteiger partial charge in [0.15, 0.2) is 0 Å². The van der Waals surface area contributed by atoms with Crippen molar-refractivity contribution in [3.8, 4) is 6.07 Å². The summed E-state index contributed by atoms with van der Waals surface area (Å²) in [5.41, 5.74) is 6.42. The second-order valence-corrected chi connectivity index (χ2v) is 5.83. The Hall–Kier alpha value is -2.60. The summed E-state index contributed by atoms with van der Waals surface area (Å²) in [4.78, 5) is 6.62. The van der Waals surface area contributed by atoms with E-state index in [2.05, 4.69) is 44.0 Å². The first-order valence-electron chi connectivity index (χ1n) is 7.87. The second-order valence-electron chi connectivity index (χ2n) is 5.83. The first-order valence-corrected chi connectivity index (χ1v) is 7.87. The highest BCUT2D eigenvalue weighted by Gasteiger charge is 2.07. The molecular formula is C20H23N3. The van der Waals surface area contributed by atoms with Gasteiger partial charge in [0.1, 0.15) is 0 Å². The third-order valence-corrected chi connectivity index (χ3v) is 4.07. The van der Waals surface area contributed by atoms with Crippen LogP contribution in [0.25, 0.3) is 0 Å². The minimum Gasteiger partial charge on any atom is -0.366 e. The predicted molar refractivity (Wildman–Crippen MR) is 96.3 cm³/mol. The third-order valence-electron chi connectivity index (χ3n) is 4.07. The van der Waals surface area contributed by atoms with E-state index < -0.39 is 0 Å². The molecule has 0 saturated heterocycles. The Labute approximate surface area is 138 Å². The van der Waals surface area contributed by atoms with Crippen LogP contribution in [-0.2, 0) is 6.42 Å². The first kappa shape index (κ1) is 16.8. The van der Waals surface area contributed by atoms with E-state index in [1.807, 2.05) is 42.6 Å². The summed E-state index contributed by atoms with van der Waals surface area (Å²) >= 11 is 0. The molecule has 0 N–H and O–H groups in total. The molecule has 0 aliphatic rings. The smallest absolute Gasteiger partial charge is 0.0994 e. The Morgan fingerprint density at radius 2 is 1.87 bits per heavy atom. The van der Waals surface area contributed by atoms with Crippen LogP contribution >= 0.6 is 0 Å². The van der Waals surface area contributed by atoms with Crippen molar-refractivity contribution < 1.29 is 0 Å². The highest BCUT2D eigenvalue weighted by molar-refractivity contribution is 5.64. The van der Waals surface area contributed by atoms with E-state index in [1.165, 1.54) is 11.1 Å². The molecule has 2 aromatic rings. The lowest BCUT2D eigenvalue weighted by Crippen LogP contribution is -2.14. The van der Waals surface area contributed by atoms with Crippen molar-refractivity contribution >= 4 is 12.0 Å². The minimum atomic E-state index is 0.747. The molecule has 0 aliphatic heterocycles. The van der Waals surface area contributed by atoms with Crippen LogP contribution in [0.5, 0.6) is 0 Å². The average molecular weight is 305 g/mol. The maximum Gasteiger partial charge on any atom is 0.0994 e. The fraction of sp³-hybridized carbons (Fsp3) is 0.300. The molecule has 0 bridgehead atoms. The molecular weight excluding hydrogens is 282 g/mol. The molecule has 3 heteroatoms. The third kappa shape index (κ3) is 4.20. The summed E-state index contributed by atoms with van der Waals surface area (Å²) in [6, 6.07) is 14.4. The zero-order valence-electron chi connectivity index (χ0n) is 14.3. The molecule has 0 unspecified atom stereocenters. The van der Waals surface area contributed by atoms with Crippen molar-refractivity contribution in [3.05, 3.63) is 64.2 Å². The number of nitrogens with zero attached hydrogens (tertiary/aromatic N) is 3. The van der Waals surface area contributed by atoms with Crippen LogP contribution < -0.4 is 0 Å². The largest absolute Gasteiger partial charge is 0.366 e. The maximum atomic E-state index is 9.24. The lowest BCUT2D eigenvalue weighted by atomic mass is 9.95. The van der Waals surface area contributed by atoms with Crippen LogP contribution in [0.15, 0.2) is 41.4 Å². The van der Waals surface area contributed by atoms with Crippen molar-refractivity contribution in [1.29, 1.82) is 5.26 Å². The minimum absolute atomic E-state index is 0.747. The molecule has 0 aromatic heterocycles. The standard InChI is InChI=1S/C20H23N3/c1-5-23(4)14-22-20-11-15(2)19(10-16(20)3)12-17-8-6-7-9-18(17)13-21/h6-11,14H,5,12H2,1-4H3. The lowest BCUT2D eigenvalue weighted by Gasteiger charge is -2.12. The molecule has 0 saturated carbocycles. The zero-order chi connectivity index (χ0) is 16.8. The summed E-state index contributed by atoms with van der Waals surface area (Å²) in [5, 5.41) is 9.24. The number of benzene rings is 2. The molecule has 0 amide bonds. The summed E-state index contributed by atoms with van der Waals surface area (Å²) in [5.74, 6) is 0. The predicted octanol–water partition coefficient (Wildman–Crippen LogP) is 4.38. The normalized spacial score (nSPS) is 10.7. The van der Waals surface area contributed by atoms with E-state index in [1.54, 1.807) is 0 Å². The van der Waals surface area contributed by atoms with Crippen LogP contribution in [0.4, 0.5) is 5.69 Å². The average Bonchev–Trinajstić information content (AvgIpc) is 2.56. The van der Waals surface area contributed by atoms with Crippen molar-refractivity contribution in [2.75, 3.05) is 13.6 Å². The Morgan fingerprint density at radius 3 is 2.57 bits per heavy atom.